The van der Waals surface area contributed by atoms with E-state index in [4.69, 9.17) is 4.43 Å². The first-order valence-corrected chi connectivity index (χ1v) is 18.5. The molecule has 0 amide bonds. The van der Waals surface area contributed by atoms with Crippen LogP contribution >= 0.6 is 15.9 Å². The number of rotatable bonds is 8. The van der Waals surface area contributed by atoms with Gasteiger partial charge in [-0.25, -0.2) is 14.0 Å². The van der Waals surface area contributed by atoms with E-state index < -0.39 is 20.5 Å². The fourth-order valence-corrected chi connectivity index (χ4v) is 6.36. The molecule has 2 heterocycles. The first-order valence-electron chi connectivity index (χ1n) is 14.8. The van der Waals surface area contributed by atoms with Gasteiger partial charge in [0.1, 0.15) is 18.2 Å². The lowest BCUT2D eigenvalue weighted by Gasteiger charge is -2.38. The second kappa shape index (κ2) is 12.3. The van der Waals surface area contributed by atoms with Crippen LogP contribution in [-0.2, 0) is 0 Å². The number of aromatic nitrogens is 3. The second-order valence-electron chi connectivity index (χ2n) is 12.8. The highest BCUT2D eigenvalue weighted by atomic mass is 79.9. The Balaban J connectivity index is 1.19. The monoisotopic (exact) mass is 663 g/mol. The van der Waals surface area contributed by atoms with Crippen LogP contribution in [0.1, 0.15) is 45.4 Å². The molecule has 0 radical (unpaired) electrons. The lowest BCUT2D eigenvalue weighted by molar-refractivity contribution is 0.113. The largest absolute Gasteiger partial charge is 0.544 e. The smallest absolute Gasteiger partial charge is 0.350 e. The summed E-state index contributed by atoms with van der Waals surface area (Å²) < 4.78 is 10.2. The van der Waals surface area contributed by atoms with E-state index in [1.165, 1.54) is 21.3 Å². The molecule has 1 unspecified atom stereocenters. The summed E-state index contributed by atoms with van der Waals surface area (Å²) in [6.07, 6.45) is 0.660. The lowest BCUT2D eigenvalue weighted by Crippen LogP contribution is -2.46. The minimum atomic E-state index is -1.86. The van der Waals surface area contributed by atoms with Crippen molar-refractivity contribution < 1.29 is 9.53 Å². The molecule has 0 spiro atoms. The van der Waals surface area contributed by atoms with Crippen LogP contribution in [0.25, 0.3) is 5.69 Å². The van der Waals surface area contributed by atoms with Gasteiger partial charge in [0.05, 0.1) is 11.7 Å². The SMILES string of the molecule is CC([C@H](O)c1ccc(Br)cc1)n1ncn(-c2ccc(N3CCN(c4ccc(O[Si](C)(C)C(C)(C)C)cc4)CC3)cc2)c1=O. The normalized spacial score (nSPS) is 15.8. The molecule has 2 atom stereocenters. The van der Waals surface area contributed by atoms with Gasteiger partial charge in [0, 0.05) is 42.0 Å². The maximum absolute atomic E-state index is 13.2. The summed E-state index contributed by atoms with van der Waals surface area (Å²) in [5.74, 6) is 0.953. The van der Waals surface area contributed by atoms with E-state index in [-0.39, 0.29) is 10.7 Å². The summed E-state index contributed by atoms with van der Waals surface area (Å²) in [6, 6.07) is 23.5. The van der Waals surface area contributed by atoms with Crippen LogP contribution in [0.2, 0.25) is 18.1 Å². The average molecular weight is 665 g/mol. The van der Waals surface area contributed by atoms with Gasteiger partial charge < -0.3 is 19.3 Å². The van der Waals surface area contributed by atoms with Crippen molar-refractivity contribution in [2.45, 2.75) is 58.0 Å². The minimum absolute atomic E-state index is 0.168. The molecule has 4 aromatic rings. The van der Waals surface area contributed by atoms with E-state index in [0.717, 1.165) is 53.3 Å². The summed E-state index contributed by atoms with van der Waals surface area (Å²) in [5.41, 5.74) is 3.53. The average Bonchev–Trinajstić information content (AvgIpc) is 3.37. The zero-order chi connectivity index (χ0) is 30.9. The van der Waals surface area contributed by atoms with Crippen molar-refractivity contribution in [3.8, 4) is 11.4 Å². The van der Waals surface area contributed by atoms with Gasteiger partial charge in [-0.2, -0.15) is 5.10 Å². The van der Waals surface area contributed by atoms with Gasteiger partial charge in [0.15, 0.2) is 0 Å². The molecule has 43 heavy (non-hydrogen) atoms. The highest BCUT2D eigenvalue weighted by Crippen LogP contribution is 2.37. The van der Waals surface area contributed by atoms with E-state index in [0.29, 0.717) is 0 Å². The summed E-state index contributed by atoms with van der Waals surface area (Å²) in [5, 5.41) is 15.3. The van der Waals surface area contributed by atoms with Crippen LogP contribution in [0.4, 0.5) is 11.4 Å². The first-order chi connectivity index (χ1) is 20.3. The molecule has 228 valence electrons. The number of nitrogens with zero attached hydrogens (tertiary/aromatic N) is 5. The van der Waals surface area contributed by atoms with Crippen molar-refractivity contribution in [1.82, 2.24) is 14.3 Å². The third kappa shape index (κ3) is 6.76. The van der Waals surface area contributed by atoms with Crippen molar-refractivity contribution in [3.63, 3.8) is 0 Å². The fourth-order valence-electron chi connectivity index (χ4n) is 5.06. The Bertz CT molecular complexity index is 1570. The summed E-state index contributed by atoms with van der Waals surface area (Å²) in [6.45, 7) is 16.8. The lowest BCUT2D eigenvalue weighted by atomic mass is 10.0. The van der Waals surface area contributed by atoms with Crippen LogP contribution in [-0.4, -0.2) is 54.0 Å². The van der Waals surface area contributed by atoms with Gasteiger partial charge in [-0.1, -0.05) is 48.8 Å². The molecule has 0 bridgehead atoms. The van der Waals surface area contributed by atoms with E-state index in [1.54, 1.807) is 6.92 Å². The highest BCUT2D eigenvalue weighted by Gasteiger charge is 2.39. The van der Waals surface area contributed by atoms with E-state index in [1.807, 2.05) is 36.4 Å². The number of benzene rings is 3. The van der Waals surface area contributed by atoms with Gasteiger partial charge >= 0.3 is 5.69 Å². The third-order valence-electron chi connectivity index (χ3n) is 8.90. The molecular formula is C33H42BrN5O3Si. The van der Waals surface area contributed by atoms with Crippen LogP contribution in [0.15, 0.2) is 88.4 Å². The van der Waals surface area contributed by atoms with Gasteiger partial charge in [-0.05, 0) is 91.3 Å². The van der Waals surface area contributed by atoms with E-state index in [2.05, 4.69) is 101 Å². The predicted octanol–water partition coefficient (Wildman–Crippen LogP) is 6.80. The molecule has 1 aliphatic rings. The van der Waals surface area contributed by atoms with Gasteiger partial charge in [0.2, 0.25) is 8.32 Å². The third-order valence-corrected chi connectivity index (χ3v) is 13.8. The molecule has 10 heteroatoms. The maximum Gasteiger partial charge on any atom is 0.350 e. The summed E-state index contributed by atoms with van der Waals surface area (Å²) in [7, 11) is -1.86. The second-order valence-corrected chi connectivity index (χ2v) is 18.5. The Morgan fingerprint density at radius 1 is 0.837 bits per heavy atom. The van der Waals surface area contributed by atoms with Gasteiger partial charge in [-0.15, -0.1) is 0 Å². The topological polar surface area (TPSA) is 75.8 Å². The standard InChI is InChI=1S/C33H42BrN5O3Si/c1-24(31(40)25-7-9-26(34)10-8-25)39-32(41)38(23-35-39)29-13-11-27(12-14-29)36-19-21-37(22-20-36)28-15-17-30(18-16-28)42-43(5,6)33(2,3)4/h7-18,23-24,31,40H,19-22H2,1-6H3/t24?,31-/m0/s1. The molecule has 1 aliphatic heterocycles. The zero-order valence-electron chi connectivity index (χ0n) is 25.9. The van der Waals surface area contributed by atoms with Crippen LogP contribution < -0.4 is 19.9 Å². The van der Waals surface area contributed by atoms with E-state index in [9.17, 15) is 9.90 Å². The van der Waals surface area contributed by atoms with Crippen LogP contribution in [0, 0.1) is 0 Å². The number of anilines is 2. The number of aliphatic hydroxyl groups is 1. The Morgan fingerprint density at radius 3 is 1.84 bits per heavy atom. The van der Waals surface area contributed by atoms with Crippen molar-refractivity contribution in [2.24, 2.45) is 0 Å². The number of aliphatic hydroxyl groups excluding tert-OH is 1. The Morgan fingerprint density at radius 2 is 1.33 bits per heavy atom. The minimum Gasteiger partial charge on any atom is -0.544 e. The Hall–Kier alpha value is -3.34. The Labute approximate surface area is 263 Å². The number of halogens is 1. The molecule has 8 nitrogen and oxygen atoms in total. The molecule has 0 saturated carbocycles. The molecular weight excluding hydrogens is 622 g/mol. The van der Waals surface area contributed by atoms with Crippen LogP contribution in [0.5, 0.6) is 5.75 Å². The van der Waals surface area contributed by atoms with Crippen molar-refractivity contribution in [3.05, 3.63) is 99.6 Å². The number of piperazine rings is 1. The van der Waals surface area contributed by atoms with Gasteiger partial charge in [0.25, 0.3) is 0 Å². The summed E-state index contributed by atoms with van der Waals surface area (Å²) in [4.78, 5) is 18.0. The quantitative estimate of drug-likeness (QED) is 0.209. The number of hydrogen-bond donors (Lipinski definition) is 1. The molecule has 1 N–H and O–H groups in total. The van der Waals surface area contributed by atoms with E-state index >= 15 is 0 Å². The zero-order valence-corrected chi connectivity index (χ0v) is 28.5. The summed E-state index contributed by atoms with van der Waals surface area (Å²) >= 11 is 3.41. The molecule has 0 aliphatic carbocycles. The molecule has 3 aromatic carbocycles. The van der Waals surface area contributed by atoms with Crippen molar-refractivity contribution >= 4 is 35.6 Å². The van der Waals surface area contributed by atoms with Crippen molar-refractivity contribution in [1.29, 1.82) is 0 Å². The Kier molecular flexibility index (Phi) is 8.92. The maximum atomic E-state index is 13.2. The first kappa shape index (κ1) is 31.1. The fraction of sp³-hybridized carbons (Fsp3) is 0.394. The number of hydrogen-bond acceptors (Lipinski definition) is 6. The molecule has 1 fully saturated rings. The molecule has 5 rings (SSSR count). The van der Waals surface area contributed by atoms with Gasteiger partial charge in [-0.3, -0.25) is 0 Å². The molecule has 1 aromatic heterocycles. The predicted molar refractivity (Wildman–Crippen MR) is 180 cm³/mol. The van der Waals surface area contributed by atoms with Crippen molar-refractivity contribution in [2.75, 3.05) is 36.0 Å². The molecule has 1 saturated heterocycles. The van der Waals surface area contributed by atoms with Crippen LogP contribution in [0.3, 0.4) is 0 Å². The highest BCUT2D eigenvalue weighted by molar-refractivity contribution is 9.10.